The average Bonchev–Trinajstić information content (AvgIpc) is 2.82. The molecule has 0 unspecified atom stereocenters. The second kappa shape index (κ2) is 6.84. The molecule has 0 radical (unpaired) electrons. The Balaban J connectivity index is 1.90. The van der Waals surface area contributed by atoms with E-state index in [9.17, 15) is 20.8 Å². The molecule has 0 aliphatic carbocycles. The van der Waals surface area contributed by atoms with Crippen LogP contribution < -0.4 is 30.4 Å². The van der Waals surface area contributed by atoms with Gasteiger partial charge >= 0.3 is 23.0 Å². The van der Waals surface area contributed by atoms with Gasteiger partial charge in [-0.1, -0.05) is 36.4 Å². The molecule has 10 heteroatoms. The van der Waals surface area contributed by atoms with Crippen LogP contribution in [0.2, 0.25) is 0 Å². The molecule has 0 bridgehead atoms. The van der Waals surface area contributed by atoms with Crippen LogP contribution >= 0.6 is 0 Å². The molecule has 158 valence electrons. The van der Waals surface area contributed by atoms with Crippen molar-refractivity contribution in [1.82, 2.24) is 0 Å². The number of nitrogen functional groups attached to an aromatic ring is 2. The molecule has 0 saturated carbocycles. The maximum absolute atomic E-state index is 13.2. The fraction of sp³-hybridized carbons (Fsp3) is 0. The molecule has 5 rings (SSSR count). The highest BCUT2D eigenvalue weighted by atomic mass is 16.5. The lowest BCUT2D eigenvalue weighted by molar-refractivity contribution is -0.610. The lowest BCUT2D eigenvalue weighted by Gasteiger charge is -2.16. The normalized spacial score (nSPS) is 11.2. The zero-order valence-corrected chi connectivity index (χ0v) is 16.5. The van der Waals surface area contributed by atoms with Gasteiger partial charge in [0.05, 0.1) is 11.1 Å². The predicted octanol–water partition coefficient (Wildman–Crippen LogP) is 1.02. The molecular weight excluding hydrogens is 412 g/mol. The third-order valence-electron chi connectivity index (χ3n) is 5.40. The van der Waals surface area contributed by atoms with E-state index in [0.717, 1.165) is 0 Å². The lowest BCUT2D eigenvalue weighted by atomic mass is 10.0. The first-order valence-corrected chi connectivity index (χ1v) is 9.58. The van der Waals surface area contributed by atoms with E-state index < -0.39 is 0 Å². The molecule has 32 heavy (non-hydrogen) atoms. The number of nitrogens with two attached hydrogens (primary N) is 2. The van der Waals surface area contributed by atoms with Crippen LogP contribution in [0, 0.1) is 20.8 Å². The number of aromatic nitrogens is 4. The van der Waals surface area contributed by atoms with Crippen LogP contribution in [0.3, 0.4) is 0 Å². The number of benzene rings is 3. The maximum atomic E-state index is 13.2. The summed E-state index contributed by atoms with van der Waals surface area (Å²) >= 11 is 0. The Morgan fingerprint density at radius 2 is 0.719 bits per heavy atom. The van der Waals surface area contributed by atoms with E-state index in [4.69, 9.17) is 11.5 Å². The van der Waals surface area contributed by atoms with Gasteiger partial charge in [-0.05, 0) is 24.3 Å². The molecule has 2 aromatic heterocycles. The van der Waals surface area contributed by atoms with E-state index in [1.807, 2.05) is 0 Å². The van der Waals surface area contributed by atoms with Crippen LogP contribution in [0.15, 0.2) is 72.8 Å². The second-order valence-electron chi connectivity index (χ2n) is 7.17. The number of nitrogens with zero attached hydrogens (tertiary/aromatic N) is 4. The second-order valence-corrected chi connectivity index (χ2v) is 7.17. The Morgan fingerprint density at radius 3 is 1.06 bits per heavy atom. The smallest absolute Gasteiger partial charge is 0.351 e. The largest absolute Gasteiger partial charge is 0.710 e. The summed E-state index contributed by atoms with van der Waals surface area (Å²) in [4.78, 5) is 0. The van der Waals surface area contributed by atoms with Gasteiger partial charge in [-0.2, -0.15) is 9.46 Å². The number of hydrogen-bond donors (Lipinski definition) is 2. The molecule has 5 aromatic rings. The van der Waals surface area contributed by atoms with Gasteiger partial charge in [0.25, 0.3) is 11.0 Å². The Hall–Kier alpha value is -4.86. The quantitative estimate of drug-likeness (QED) is 0.315. The highest BCUT2D eigenvalue weighted by Crippen LogP contribution is 2.33. The zero-order chi connectivity index (χ0) is 22.6. The number of rotatable bonds is 2. The Bertz CT molecular complexity index is 1440. The number of fused-ring (bicyclic) bond motifs is 2. The van der Waals surface area contributed by atoms with E-state index in [0.29, 0.717) is 18.9 Å². The maximum Gasteiger partial charge on any atom is 0.351 e. The third kappa shape index (κ3) is 2.53. The summed E-state index contributed by atoms with van der Waals surface area (Å²) in [6, 6.07) is 18.7. The summed E-state index contributed by atoms with van der Waals surface area (Å²) in [5.74, 6) is -0.698. The minimum Gasteiger partial charge on any atom is -0.710 e. The monoisotopic (exact) mass is 428 g/mol. The van der Waals surface area contributed by atoms with Crippen LogP contribution in [-0.2, 0) is 0 Å². The molecule has 0 fully saturated rings. The van der Waals surface area contributed by atoms with Crippen LogP contribution in [-0.4, -0.2) is 0 Å². The first kappa shape index (κ1) is 19.1. The van der Waals surface area contributed by atoms with Crippen LogP contribution in [0.4, 0.5) is 11.6 Å². The van der Waals surface area contributed by atoms with Crippen LogP contribution in [0.1, 0.15) is 0 Å². The molecule has 0 spiro atoms. The van der Waals surface area contributed by atoms with Gasteiger partial charge < -0.3 is 20.8 Å². The third-order valence-corrected chi connectivity index (χ3v) is 5.40. The molecule has 4 N–H and O–H groups in total. The van der Waals surface area contributed by atoms with E-state index in [2.05, 4.69) is 0 Å². The molecule has 2 heterocycles. The Kier molecular flexibility index (Phi) is 4.09. The number of para-hydroxylation sites is 4. The van der Waals surface area contributed by atoms with Gasteiger partial charge in [-0.25, -0.2) is 9.46 Å². The van der Waals surface area contributed by atoms with Gasteiger partial charge in [-0.3, -0.25) is 11.5 Å². The minimum absolute atomic E-state index is 0.0990. The van der Waals surface area contributed by atoms with Gasteiger partial charge in [0.2, 0.25) is 11.0 Å². The highest BCUT2D eigenvalue weighted by Gasteiger charge is 2.33. The van der Waals surface area contributed by atoms with Crippen LogP contribution in [0.25, 0.3) is 44.6 Å². The fourth-order valence-electron chi connectivity index (χ4n) is 3.91. The molecule has 0 saturated heterocycles. The van der Waals surface area contributed by atoms with Crippen molar-refractivity contribution >= 4 is 33.7 Å². The summed E-state index contributed by atoms with van der Waals surface area (Å²) in [6.07, 6.45) is 0. The molecule has 10 nitrogen and oxygen atoms in total. The van der Waals surface area contributed by atoms with Gasteiger partial charge in [-0.15, -0.1) is 0 Å². The summed E-state index contributed by atoms with van der Waals surface area (Å²) < 4.78 is 1.99. The SMILES string of the molecule is Nc1c(-c2ccccc2-c2c(N)[n+]([O-])c3ccccc3[n+]2[O-])[n+]([O-])c2ccccc2[n+]1[O-]. The molecule has 0 aliphatic rings. The molecule has 0 atom stereocenters. The Labute approximate surface area is 180 Å². The first-order chi connectivity index (χ1) is 15.4. The van der Waals surface area contributed by atoms with E-state index in [1.165, 1.54) is 36.4 Å². The molecule has 3 aromatic carbocycles. The van der Waals surface area contributed by atoms with Crippen molar-refractivity contribution in [2.45, 2.75) is 0 Å². The van der Waals surface area contributed by atoms with Crippen molar-refractivity contribution < 1.29 is 18.9 Å². The summed E-state index contributed by atoms with van der Waals surface area (Å²) in [6.45, 7) is 0. The number of hydrogen-bond acceptors (Lipinski definition) is 6. The topological polar surface area (TPSA) is 160 Å². The van der Waals surface area contributed by atoms with Crippen molar-refractivity contribution in [3.63, 3.8) is 0 Å². The summed E-state index contributed by atoms with van der Waals surface area (Å²) in [5, 5.41) is 52.0. The van der Waals surface area contributed by atoms with Crippen molar-refractivity contribution in [2.24, 2.45) is 0 Å². The van der Waals surface area contributed by atoms with Crippen LogP contribution in [0.5, 0.6) is 0 Å². The van der Waals surface area contributed by atoms with Crippen molar-refractivity contribution in [2.75, 3.05) is 11.5 Å². The minimum atomic E-state index is -0.349. The summed E-state index contributed by atoms with van der Waals surface area (Å²) in [5.41, 5.74) is 12.6. The zero-order valence-electron chi connectivity index (χ0n) is 16.5. The standard InChI is InChI=1S/C22H16N6O4/c23-21-19(25(29)15-9-3-5-11-17(15)27(21)31)13-7-1-2-8-14(13)20-22(24)28(32)18-12-6-4-10-16(18)26(20)30/h1-12H,23-24H2. The van der Waals surface area contributed by atoms with E-state index in [1.54, 1.807) is 36.4 Å². The Morgan fingerprint density at radius 1 is 0.438 bits per heavy atom. The highest BCUT2D eigenvalue weighted by molar-refractivity contribution is 5.86. The fourth-order valence-corrected chi connectivity index (χ4v) is 3.91. The van der Waals surface area contributed by atoms with E-state index in [-0.39, 0.29) is 56.2 Å². The van der Waals surface area contributed by atoms with Gasteiger partial charge in [0.15, 0.2) is 0 Å². The summed E-state index contributed by atoms with van der Waals surface area (Å²) in [7, 11) is 0. The van der Waals surface area contributed by atoms with Crippen molar-refractivity contribution in [1.29, 1.82) is 0 Å². The first-order valence-electron chi connectivity index (χ1n) is 9.58. The molecular formula is C22H16N6O4. The van der Waals surface area contributed by atoms with Gasteiger partial charge in [0, 0.05) is 12.1 Å². The van der Waals surface area contributed by atoms with Gasteiger partial charge in [0.1, 0.15) is 0 Å². The molecule has 0 aliphatic heterocycles. The lowest BCUT2D eigenvalue weighted by Crippen LogP contribution is -2.44. The van der Waals surface area contributed by atoms with Crippen molar-refractivity contribution in [3.05, 3.63) is 93.6 Å². The predicted molar refractivity (Wildman–Crippen MR) is 117 cm³/mol. The average molecular weight is 428 g/mol. The number of anilines is 2. The molecule has 0 amide bonds. The van der Waals surface area contributed by atoms with E-state index >= 15 is 0 Å². The van der Waals surface area contributed by atoms with Crippen molar-refractivity contribution in [3.8, 4) is 22.5 Å².